The van der Waals surface area contributed by atoms with Gasteiger partial charge in [0.15, 0.2) is 17.3 Å². The number of benzene rings is 1. The second-order valence-corrected chi connectivity index (χ2v) is 7.17. The van der Waals surface area contributed by atoms with Crippen molar-refractivity contribution in [2.24, 2.45) is 0 Å². The van der Waals surface area contributed by atoms with Crippen LogP contribution in [0.1, 0.15) is 58.8 Å². The summed E-state index contributed by atoms with van der Waals surface area (Å²) in [5.41, 5.74) is 2.62. The molecule has 1 aromatic heterocycles. The number of piperidine rings is 1. The monoisotopic (exact) mass is 384 g/mol. The Morgan fingerprint density at radius 2 is 1.79 bits per heavy atom. The van der Waals surface area contributed by atoms with E-state index in [9.17, 15) is 9.59 Å². The molecule has 1 N–H and O–H groups in total. The maximum absolute atomic E-state index is 12.9. The largest absolute Gasteiger partial charge is 0.490 e. The van der Waals surface area contributed by atoms with Crippen LogP contribution in [-0.2, 0) is 0 Å². The third-order valence-electron chi connectivity index (χ3n) is 5.18. The van der Waals surface area contributed by atoms with Crippen LogP contribution in [0.15, 0.2) is 24.3 Å². The number of hydrogen-bond acceptors (Lipinski definition) is 4. The Morgan fingerprint density at radius 3 is 2.36 bits per heavy atom. The summed E-state index contributed by atoms with van der Waals surface area (Å²) in [6.45, 7) is 8.96. The van der Waals surface area contributed by atoms with E-state index >= 15 is 0 Å². The number of H-pyrrole nitrogens is 1. The number of para-hydroxylation sites is 2. The lowest BCUT2D eigenvalue weighted by molar-refractivity contribution is 0.0584. The van der Waals surface area contributed by atoms with E-state index < -0.39 is 0 Å². The number of ketones is 1. The summed E-state index contributed by atoms with van der Waals surface area (Å²) >= 11 is 0. The summed E-state index contributed by atoms with van der Waals surface area (Å²) in [6.07, 6.45) is 1.56. The number of nitrogens with zero attached hydrogens (tertiary/aromatic N) is 1. The molecule has 0 aliphatic carbocycles. The van der Waals surface area contributed by atoms with E-state index in [4.69, 9.17) is 9.47 Å². The maximum atomic E-state index is 12.9. The van der Waals surface area contributed by atoms with Gasteiger partial charge in [0.25, 0.3) is 5.91 Å². The highest BCUT2D eigenvalue weighted by Crippen LogP contribution is 2.30. The lowest BCUT2D eigenvalue weighted by Crippen LogP contribution is -2.42. The van der Waals surface area contributed by atoms with Gasteiger partial charge in [-0.3, -0.25) is 9.59 Å². The molecule has 0 spiro atoms. The first-order valence-corrected chi connectivity index (χ1v) is 9.80. The molecule has 0 atom stereocenters. The van der Waals surface area contributed by atoms with E-state index in [0.717, 1.165) is 35.6 Å². The van der Waals surface area contributed by atoms with E-state index in [0.29, 0.717) is 31.0 Å². The Kier molecular flexibility index (Phi) is 6.07. The summed E-state index contributed by atoms with van der Waals surface area (Å²) in [6, 6.07) is 7.67. The van der Waals surface area contributed by atoms with Gasteiger partial charge in [0.05, 0.1) is 6.61 Å². The Morgan fingerprint density at radius 1 is 1.14 bits per heavy atom. The fourth-order valence-corrected chi connectivity index (χ4v) is 3.83. The van der Waals surface area contributed by atoms with Crippen LogP contribution in [0.5, 0.6) is 11.5 Å². The first kappa shape index (κ1) is 20.0. The minimum atomic E-state index is -0.0544. The first-order valence-electron chi connectivity index (χ1n) is 9.80. The van der Waals surface area contributed by atoms with E-state index in [2.05, 4.69) is 4.98 Å². The van der Waals surface area contributed by atoms with Crippen LogP contribution < -0.4 is 9.47 Å². The van der Waals surface area contributed by atoms with Crippen molar-refractivity contribution in [1.29, 1.82) is 0 Å². The third-order valence-corrected chi connectivity index (χ3v) is 5.18. The van der Waals surface area contributed by atoms with Gasteiger partial charge in [0, 0.05) is 37.2 Å². The van der Waals surface area contributed by atoms with Crippen molar-refractivity contribution < 1.29 is 19.1 Å². The first-order chi connectivity index (χ1) is 13.4. The van der Waals surface area contributed by atoms with Crippen LogP contribution in [0.3, 0.4) is 0 Å². The minimum absolute atomic E-state index is 0.0228. The lowest BCUT2D eigenvalue weighted by Gasteiger charge is -2.32. The molecule has 6 heteroatoms. The van der Waals surface area contributed by atoms with Gasteiger partial charge in [-0.1, -0.05) is 12.1 Å². The van der Waals surface area contributed by atoms with Crippen LogP contribution in [0.4, 0.5) is 0 Å². The molecule has 1 aromatic carbocycles. The van der Waals surface area contributed by atoms with Crippen molar-refractivity contribution in [1.82, 2.24) is 9.88 Å². The molecule has 28 heavy (non-hydrogen) atoms. The molecule has 1 fully saturated rings. The number of aryl methyl sites for hydroxylation is 1. The second-order valence-electron chi connectivity index (χ2n) is 7.17. The zero-order valence-electron chi connectivity index (χ0n) is 17.0. The number of rotatable bonds is 6. The van der Waals surface area contributed by atoms with Gasteiger partial charge in [-0.15, -0.1) is 0 Å². The van der Waals surface area contributed by atoms with Crippen molar-refractivity contribution in [3.8, 4) is 11.5 Å². The van der Waals surface area contributed by atoms with Crippen LogP contribution in [0, 0.1) is 13.8 Å². The van der Waals surface area contributed by atoms with Crippen molar-refractivity contribution in [3.05, 3.63) is 46.8 Å². The topological polar surface area (TPSA) is 71.6 Å². The zero-order valence-corrected chi connectivity index (χ0v) is 17.0. The minimum Gasteiger partial charge on any atom is -0.490 e. The van der Waals surface area contributed by atoms with E-state index in [1.54, 1.807) is 0 Å². The summed E-state index contributed by atoms with van der Waals surface area (Å²) in [5.74, 6) is 1.42. The van der Waals surface area contributed by atoms with Crippen LogP contribution in [-0.4, -0.2) is 47.4 Å². The molecule has 2 heterocycles. The molecule has 1 aliphatic rings. The summed E-state index contributed by atoms with van der Waals surface area (Å²) in [7, 11) is 0. The number of ether oxygens (including phenoxy) is 2. The molecule has 0 bridgehead atoms. The number of carbonyl (C=O) groups is 2. The predicted octanol–water partition coefficient (Wildman–Crippen LogP) is 3.92. The number of amides is 1. The molecule has 1 aliphatic heterocycles. The third kappa shape index (κ3) is 4.06. The molecule has 1 amide bonds. The smallest absolute Gasteiger partial charge is 0.270 e. The number of aromatic nitrogens is 1. The number of aromatic amines is 1. The molecule has 0 radical (unpaired) electrons. The van der Waals surface area contributed by atoms with Gasteiger partial charge in [0.2, 0.25) is 0 Å². The van der Waals surface area contributed by atoms with Crippen LogP contribution in [0.25, 0.3) is 0 Å². The SMILES string of the molecule is CCOc1ccccc1OC1CCN(C(=O)c2[nH]c(C)c(C(C)=O)c2C)CC1. The van der Waals surface area contributed by atoms with Crippen LogP contribution in [0.2, 0.25) is 0 Å². The number of Topliss-reactive ketones (excluding diaryl/α,β-unsaturated/α-hetero) is 1. The van der Waals surface area contributed by atoms with Gasteiger partial charge in [-0.05, 0) is 45.4 Å². The number of likely N-dealkylation sites (tertiary alicyclic amines) is 1. The molecular weight excluding hydrogens is 356 g/mol. The molecule has 0 unspecified atom stereocenters. The average Bonchev–Trinajstić information content (AvgIpc) is 2.98. The maximum Gasteiger partial charge on any atom is 0.270 e. The fraction of sp³-hybridized carbons (Fsp3) is 0.455. The van der Waals surface area contributed by atoms with E-state index in [1.165, 1.54) is 6.92 Å². The van der Waals surface area contributed by atoms with Crippen LogP contribution >= 0.6 is 0 Å². The number of hydrogen-bond donors (Lipinski definition) is 1. The number of nitrogens with one attached hydrogen (secondary N) is 1. The van der Waals surface area contributed by atoms with Gasteiger partial charge < -0.3 is 19.4 Å². The van der Waals surface area contributed by atoms with Crippen molar-refractivity contribution in [2.45, 2.75) is 46.6 Å². The number of carbonyl (C=O) groups excluding carboxylic acids is 2. The lowest BCUT2D eigenvalue weighted by atomic mass is 10.0. The van der Waals surface area contributed by atoms with Gasteiger partial charge in [-0.2, -0.15) is 0 Å². The Hall–Kier alpha value is -2.76. The summed E-state index contributed by atoms with van der Waals surface area (Å²) in [5, 5.41) is 0. The molecule has 6 nitrogen and oxygen atoms in total. The second kappa shape index (κ2) is 8.50. The van der Waals surface area contributed by atoms with Gasteiger partial charge in [-0.25, -0.2) is 0 Å². The normalized spacial score (nSPS) is 14.8. The Labute approximate surface area is 165 Å². The van der Waals surface area contributed by atoms with Gasteiger partial charge >= 0.3 is 0 Å². The van der Waals surface area contributed by atoms with Crippen molar-refractivity contribution in [3.63, 3.8) is 0 Å². The summed E-state index contributed by atoms with van der Waals surface area (Å²) in [4.78, 5) is 29.7. The molecular formula is C22H28N2O4. The fourth-order valence-electron chi connectivity index (χ4n) is 3.83. The highest BCUT2D eigenvalue weighted by molar-refractivity contribution is 6.02. The molecule has 3 rings (SSSR count). The Balaban J connectivity index is 1.64. The average molecular weight is 384 g/mol. The van der Waals surface area contributed by atoms with E-state index in [-0.39, 0.29) is 17.8 Å². The molecule has 150 valence electrons. The van der Waals surface area contributed by atoms with Gasteiger partial charge in [0.1, 0.15) is 11.8 Å². The zero-order chi connectivity index (χ0) is 20.3. The summed E-state index contributed by atoms with van der Waals surface area (Å²) < 4.78 is 11.8. The van der Waals surface area contributed by atoms with E-state index in [1.807, 2.05) is 49.9 Å². The quantitative estimate of drug-likeness (QED) is 0.767. The molecule has 2 aromatic rings. The Bertz CT molecular complexity index is 863. The van der Waals surface area contributed by atoms with Crippen molar-refractivity contribution >= 4 is 11.7 Å². The standard InChI is InChI=1S/C22H28N2O4/c1-5-27-18-8-6-7-9-19(18)28-17-10-12-24(13-11-17)22(26)21-14(2)20(16(4)25)15(3)23-21/h6-9,17,23H,5,10-13H2,1-4H3. The predicted molar refractivity (Wildman–Crippen MR) is 107 cm³/mol. The van der Waals surface area contributed by atoms with Crippen molar-refractivity contribution in [2.75, 3.05) is 19.7 Å². The highest BCUT2D eigenvalue weighted by Gasteiger charge is 2.28. The molecule has 0 saturated carbocycles. The molecule has 1 saturated heterocycles. The highest BCUT2D eigenvalue weighted by atomic mass is 16.5.